The van der Waals surface area contributed by atoms with Gasteiger partial charge in [-0.3, -0.25) is 9.59 Å². The number of piperidine rings is 1. The van der Waals surface area contributed by atoms with Gasteiger partial charge < -0.3 is 25.2 Å². The standard InChI is InChI=1S/C30H42N4O3/c1-33-17-10-11-24(22-33)20-32-30(36)25-14-15-28-26(19-25)21-31-16-8-3-2-4-9-18-34(28)29(35)23-37-27-12-6-5-7-13-27/h5-7,12-15,19,24,31H,2-4,8-11,16-18,20-23H2,1H3,(H,32,36). The maximum Gasteiger partial charge on any atom is 0.264 e. The third kappa shape index (κ3) is 8.30. The third-order valence-electron chi connectivity index (χ3n) is 7.36. The zero-order valence-corrected chi connectivity index (χ0v) is 22.2. The fourth-order valence-corrected chi connectivity index (χ4v) is 5.30. The molecule has 0 aromatic heterocycles. The number of hydrogen-bond donors (Lipinski definition) is 2. The number of hydrogen-bond acceptors (Lipinski definition) is 5. The number of anilines is 1. The number of nitrogens with zero attached hydrogens (tertiary/aromatic N) is 2. The van der Waals surface area contributed by atoms with E-state index < -0.39 is 0 Å². The summed E-state index contributed by atoms with van der Waals surface area (Å²) < 4.78 is 5.79. The number of likely N-dealkylation sites (tertiary alicyclic amines) is 1. The first-order valence-electron chi connectivity index (χ1n) is 13.9. The molecule has 0 spiro atoms. The maximum atomic E-state index is 13.4. The molecule has 2 aromatic rings. The summed E-state index contributed by atoms with van der Waals surface area (Å²) in [6, 6.07) is 15.2. The van der Waals surface area contributed by atoms with E-state index in [1.807, 2.05) is 53.4 Å². The molecule has 0 aliphatic carbocycles. The Balaban J connectivity index is 1.49. The first-order valence-corrected chi connectivity index (χ1v) is 13.9. The lowest BCUT2D eigenvalue weighted by Gasteiger charge is -2.29. The van der Waals surface area contributed by atoms with Crippen LogP contribution in [0.2, 0.25) is 0 Å². The average Bonchev–Trinajstić information content (AvgIpc) is 2.91. The molecule has 2 aliphatic rings. The van der Waals surface area contributed by atoms with Crippen LogP contribution < -0.4 is 20.3 Å². The minimum absolute atomic E-state index is 0.0189. The van der Waals surface area contributed by atoms with Gasteiger partial charge in [0.25, 0.3) is 11.8 Å². The third-order valence-corrected chi connectivity index (χ3v) is 7.36. The van der Waals surface area contributed by atoms with Crippen molar-refractivity contribution in [2.24, 2.45) is 5.92 Å². The van der Waals surface area contributed by atoms with Crippen LogP contribution in [0.3, 0.4) is 0 Å². The van der Waals surface area contributed by atoms with Gasteiger partial charge in [-0.25, -0.2) is 0 Å². The lowest BCUT2D eigenvalue weighted by Crippen LogP contribution is -2.39. The van der Waals surface area contributed by atoms with Gasteiger partial charge in [-0.1, -0.05) is 37.5 Å². The van der Waals surface area contributed by atoms with E-state index in [1.165, 1.54) is 19.3 Å². The normalized spacial score (nSPS) is 19.7. The summed E-state index contributed by atoms with van der Waals surface area (Å²) in [6.45, 7) is 5.02. The second-order valence-corrected chi connectivity index (χ2v) is 10.4. The smallest absolute Gasteiger partial charge is 0.264 e. The first-order chi connectivity index (χ1) is 18.1. The minimum Gasteiger partial charge on any atom is -0.484 e. The molecular weight excluding hydrogens is 464 g/mol. The average molecular weight is 507 g/mol. The summed E-state index contributed by atoms with van der Waals surface area (Å²) in [5.41, 5.74) is 2.48. The zero-order chi connectivity index (χ0) is 25.9. The van der Waals surface area contributed by atoms with Gasteiger partial charge >= 0.3 is 0 Å². The SMILES string of the molecule is CN1CCCC(CNC(=O)c2ccc3c(c2)CNCCCCCCCN3C(=O)COc2ccccc2)C1. The van der Waals surface area contributed by atoms with Crippen molar-refractivity contribution in [2.75, 3.05) is 51.3 Å². The van der Waals surface area contributed by atoms with E-state index in [2.05, 4.69) is 22.6 Å². The number of rotatable bonds is 6. The quantitative estimate of drug-likeness (QED) is 0.614. The van der Waals surface area contributed by atoms with Crippen molar-refractivity contribution in [1.29, 1.82) is 0 Å². The molecule has 1 atom stereocenters. The van der Waals surface area contributed by atoms with E-state index in [9.17, 15) is 9.59 Å². The van der Waals surface area contributed by atoms with Gasteiger partial charge in [0.05, 0.1) is 0 Å². The Morgan fingerprint density at radius 2 is 1.81 bits per heavy atom. The lowest BCUT2D eigenvalue weighted by molar-refractivity contribution is -0.120. The highest BCUT2D eigenvalue weighted by molar-refractivity contribution is 5.98. The molecule has 37 heavy (non-hydrogen) atoms. The molecule has 0 radical (unpaired) electrons. The Labute approximate surface area is 221 Å². The molecule has 2 heterocycles. The molecule has 0 saturated carbocycles. The van der Waals surface area contributed by atoms with E-state index in [1.54, 1.807) is 0 Å². The number of carbonyl (C=O) groups excluding carboxylic acids is 2. The van der Waals surface area contributed by atoms with Crippen LogP contribution in [0.15, 0.2) is 48.5 Å². The van der Waals surface area contributed by atoms with Gasteiger partial charge in [0.2, 0.25) is 0 Å². The van der Waals surface area contributed by atoms with E-state index in [0.29, 0.717) is 36.9 Å². The van der Waals surface area contributed by atoms with Crippen LogP contribution in [-0.4, -0.2) is 63.1 Å². The minimum atomic E-state index is -0.0687. The number of nitrogens with one attached hydrogen (secondary N) is 2. The van der Waals surface area contributed by atoms with Crippen molar-refractivity contribution >= 4 is 17.5 Å². The number of ether oxygens (including phenoxy) is 1. The molecule has 2 amide bonds. The van der Waals surface area contributed by atoms with Crippen LogP contribution in [0.1, 0.15) is 60.9 Å². The van der Waals surface area contributed by atoms with Crippen molar-refractivity contribution in [3.05, 3.63) is 59.7 Å². The second kappa shape index (κ2) is 14.1. The fourth-order valence-electron chi connectivity index (χ4n) is 5.30. The van der Waals surface area contributed by atoms with Crippen molar-refractivity contribution < 1.29 is 14.3 Å². The molecule has 0 bridgehead atoms. The van der Waals surface area contributed by atoms with Crippen LogP contribution in [-0.2, 0) is 11.3 Å². The number of benzene rings is 2. The van der Waals surface area contributed by atoms with Gasteiger partial charge in [-0.2, -0.15) is 0 Å². The maximum absolute atomic E-state index is 13.4. The number of carbonyl (C=O) groups is 2. The predicted molar refractivity (Wildman–Crippen MR) is 148 cm³/mol. The van der Waals surface area contributed by atoms with Crippen molar-refractivity contribution in [3.63, 3.8) is 0 Å². The Bertz CT molecular complexity index is 1010. The molecule has 1 fully saturated rings. The number of fused-ring (bicyclic) bond motifs is 1. The molecule has 7 nitrogen and oxygen atoms in total. The van der Waals surface area contributed by atoms with E-state index in [0.717, 1.165) is 56.6 Å². The monoisotopic (exact) mass is 506 g/mol. The van der Waals surface area contributed by atoms with Crippen LogP contribution in [0.5, 0.6) is 5.75 Å². The predicted octanol–water partition coefficient (Wildman–Crippen LogP) is 4.22. The van der Waals surface area contributed by atoms with Crippen LogP contribution in [0, 0.1) is 5.92 Å². The summed E-state index contributed by atoms with van der Waals surface area (Å²) in [5.74, 6) is 1.06. The van der Waals surface area contributed by atoms with Gasteiger partial charge in [0, 0.05) is 37.4 Å². The van der Waals surface area contributed by atoms with Crippen molar-refractivity contribution in [1.82, 2.24) is 15.5 Å². The van der Waals surface area contributed by atoms with Gasteiger partial charge in [0.15, 0.2) is 6.61 Å². The molecule has 2 aromatic carbocycles. The molecule has 2 N–H and O–H groups in total. The lowest BCUT2D eigenvalue weighted by atomic mass is 9.98. The number of para-hydroxylation sites is 1. The summed E-state index contributed by atoms with van der Waals surface area (Å²) in [4.78, 5) is 30.6. The summed E-state index contributed by atoms with van der Waals surface area (Å²) in [5, 5.41) is 6.68. The summed E-state index contributed by atoms with van der Waals surface area (Å²) in [6.07, 6.45) is 7.87. The van der Waals surface area contributed by atoms with Crippen molar-refractivity contribution in [2.45, 2.75) is 51.5 Å². The van der Waals surface area contributed by atoms with Gasteiger partial charge in [-0.05, 0) is 87.6 Å². The largest absolute Gasteiger partial charge is 0.484 e. The second-order valence-electron chi connectivity index (χ2n) is 10.4. The highest BCUT2D eigenvalue weighted by Crippen LogP contribution is 2.25. The Morgan fingerprint density at radius 3 is 2.65 bits per heavy atom. The zero-order valence-electron chi connectivity index (χ0n) is 22.2. The van der Waals surface area contributed by atoms with Gasteiger partial charge in [0.1, 0.15) is 5.75 Å². The fraction of sp³-hybridized carbons (Fsp3) is 0.533. The molecule has 7 heteroatoms. The Kier molecular flexibility index (Phi) is 10.4. The molecular formula is C30H42N4O3. The van der Waals surface area contributed by atoms with E-state index in [-0.39, 0.29) is 18.4 Å². The van der Waals surface area contributed by atoms with E-state index in [4.69, 9.17) is 4.74 Å². The molecule has 1 unspecified atom stereocenters. The van der Waals surface area contributed by atoms with Crippen LogP contribution >= 0.6 is 0 Å². The Hall–Kier alpha value is -2.90. The highest BCUT2D eigenvalue weighted by atomic mass is 16.5. The molecule has 4 rings (SSSR count). The molecule has 2 aliphatic heterocycles. The highest BCUT2D eigenvalue weighted by Gasteiger charge is 2.22. The van der Waals surface area contributed by atoms with Gasteiger partial charge in [-0.15, -0.1) is 0 Å². The summed E-state index contributed by atoms with van der Waals surface area (Å²) in [7, 11) is 2.14. The Morgan fingerprint density at radius 1 is 1.00 bits per heavy atom. The molecule has 200 valence electrons. The van der Waals surface area contributed by atoms with E-state index >= 15 is 0 Å². The molecule has 1 saturated heterocycles. The van der Waals surface area contributed by atoms with Crippen molar-refractivity contribution in [3.8, 4) is 5.75 Å². The topological polar surface area (TPSA) is 73.9 Å². The summed E-state index contributed by atoms with van der Waals surface area (Å²) >= 11 is 0. The number of amides is 2. The first kappa shape index (κ1) is 27.1. The van der Waals surface area contributed by atoms with Crippen LogP contribution in [0.25, 0.3) is 0 Å². The van der Waals surface area contributed by atoms with Crippen LogP contribution in [0.4, 0.5) is 5.69 Å².